The highest BCUT2D eigenvalue weighted by molar-refractivity contribution is 9.10. The molecule has 5 nitrogen and oxygen atoms in total. The lowest BCUT2D eigenvalue weighted by molar-refractivity contribution is -0.146. The van der Waals surface area contributed by atoms with Gasteiger partial charge in [0.25, 0.3) is 0 Å². The number of carbonyl (C=O) groups is 1. The Kier molecular flexibility index (Phi) is 7.50. The van der Waals surface area contributed by atoms with Crippen molar-refractivity contribution in [1.82, 2.24) is 10.2 Å². The van der Waals surface area contributed by atoms with E-state index in [4.69, 9.17) is 9.73 Å². The van der Waals surface area contributed by atoms with Crippen molar-refractivity contribution in [2.24, 2.45) is 10.9 Å². The number of esters is 1. The summed E-state index contributed by atoms with van der Waals surface area (Å²) in [6.07, 6.45) is 1.63. The molecule has 0 unspecified atom stereocenters. The maximum absolute atomic E-state index is 11.7. The highest BCUT2D eigenvalue weighted by atomic mass is 79.9. The summed E-state index contributed by atoms with van der Waals surface area (Å²) in [6.45, 7) is 9.69. The van der Waals surface area contributed by atoms with Crippen LogP contribution < -0.4 is 5.32 Å². The molecule has 26 heavy (non-hydrogen) atoms. The van der Waals surface area contributed by atoms with Crippen molar-refractivity contribution in [1.29, 1.82) is 0 Å². The van der Waals surface area contributed by atoms with Gasteiger partial charge in [-0.15, -0.1) is 0 Å². The van der Waals surface area contributed by atoms with Crippen molar-refractivity contribution in [2.75, 3.05) is 33.3 Å². The molecule has 0 bridgehead atoms. The van der Waals surface area contributed by atoms with Gasteiger partial charge in [-0.1, -0.05) is 41.9 Å². The second kappa shape index (κ2) is 9.40. The van der Waals surface area contributed by atoms with E-state index in [1.54, 1.807) is 0 Å². The molecule has 0 spiro atoms. The van der Waals surface area contributed by atoms with Crippen LogP contribution in [-0.2, 0) is 14.9 Å². The smallest absolute Gasteiger partial charge is 0.308 e. The van der Waals surface area contributed by atoms with Gasteiger partial charge in [0.2, 0.25) is 0 Å². The zero-order chi connectivity index (χ0) is 19.2. The van der Waals surface area contributed by atoms with E-state index in [0.29, 0.717) is 6.54 Å². The number of rotatable bonds is 5. The van der Waals surface area contributed by atoms with Crippen LogP contribution in [0.1, 0.15) is 39.2 Å². The van der Waals surface area contributed by atoms with Crippen LogP contribution in [-0.4, -0.2) is 50.1 Å². The van der Waals surface area contributed by atoms with E-state index in [1.165, 1.54) is 12.7 Å². The number of methoxy groups -OCH3 is 1. The van der Waals surface area contributed by atoms with E-state index in [0.717, 1.165) is 42.9 Å². The lowest BCUT2D eigenvalue weighted by atomic mass is 9.85. The Morgan fingerprint density at radius 1 is 1.31 bits per heavy atom. The molecule has 2 rings (SSSR count). The highest BCUT2D eigenvalue weighted by Gasteiger charge is 2.27. The Labute approximate surface area is 165 Å². The number of hydrogen-bond donors (Lipinski definition) is 1. The zero-order valence-electron chi connectivity index (χ0n) is 16.2. The van der Waals surface area contributed by atoms with Gasteiger partial charge in [0.15, 0.2) is 5.96 Å². The van der Waals surface area contributed by atoms with Crippen LogP contribution in [0.3, 0.4) is 0 Å². The number of nitrogens with one attached hydrogen (secondary N) is 1. The van der Waals surface area contributed by atoms with Crippen LogP contribution >= 0.6 is 15.9 Å². The summed E-state index contributed by atoms with van der Waals surface area (Å²) in [6, 6.07) is 8.44. The first-order valence-corrected chi connectivity index (χ1v) is 10.0. The van der Waals surface area contributed by atoms with Crippen molar-refractivity contribution in [3.05, 3.63) is 34.3 Å². The molecule has 1 fully saturated rings. The molecule has 1 aromatic carbocycles. The minimum atomic E-state index is -0.0945. The summed E-state index contributed by atoms with van der Waals surface area (Å²) in [5.41, 5.74) is 1.22. The molecule has 1 heterocycles. The molecule has 1 aromatic rings. The number of guanidine groups is 1. The van der Waals surface area contributed by atoms with Crippen LogP contribution in [0.25, 0.3) is 0 Å². The highest BCUT2D eigenvalue weighted by Crippen LogP contribution is 2.25. The zero-order valence-corrected chi connectivity index (χ0v) is 17.8. The Bertz CT molecular complexity index is 620. The second-order valence-electron chi connectivity index (χ2n) is 7.35. The molecule has 1 N–H and O–H groups in total. The van der Waals surface area contributed by atoms with Gasteiger partial charge in [-0.3, -0.25) is 9.79 Å². The summed E-state index contributed by atoms with van der Waals surface area (Å²) in [5.74, 6) is 0.849. The van der Waals surface area contributed by atoms with E-state index in [-0.39, 0.29) is 17.3 Å². The minimum absolute atomic E-state index is 0.0123. The number of benzene rings is 1. The molecule has 0 saturated carbocycles. The topological polar surface area (TPSA) is 53.9 Å². The number of halogens is 1. The minimum Gasteiger partial charge on any atom is -0.469 e. The molecule has 0 aromatic heterocycles. The van der Waals surface area contributed by atoms with Gasteiger partial charge in [-0.2, -0.15) is 0 Å². The van der Waals surface area contributed by atoms with E-state index in [9.17, 15) is 4.79 Å². The third kappa shape index (κ3) is 5.47. The summed E-state index contributed by atoms with van der Waals surface area (Å²) in [5, 5.41) is 3.40. The van der Waals surface area contributed by atoms with Crippen molar-refractivity contribution in [2.45, 2.75) is 39.0 Å². The fraction of sp³-hybridized carbons (Fsp3) is 0.600. The van der Waals surface area contributed by atoms with Crippen molar-refractivity contribution >= 4 is 27.9 Å². The lowest BCUT2D eigenvalue weighted by Gasteiger charge is -2.34. The molecule has 0 amide bonds. The molecule has 1 aliphatic heterocycles. The molecule has 0 radical (unpaired) electrons. The monoisotopic (exact) mass is 423 g/mol. The van der Waals surface area contributed by atoms with Crippen LogP contribution in [0.5, 0.6) is 0 Å². The molecule has 6 heteroatoms. The average Bonchev–Trinajstić information content (AvgIpc) is 2.65. The third-order valence-electron chi connectivity index (χ3n) is 4.91. The lowest BCUT2D eigenvalue weighted by Crippen LogP contribution is -2.47. The normalized spacial score (nSPS) is 16.5. The molecule has 0 aliphatic carbocycles. The Hall–Kier alpha value is -1.56. The maximum atomic E-state index is 11.7. The van der Waals surface area contributed by atoms with Crippen LogP contribution in [0.15, 0.2) is 33.7 Å². The SMILES string of the molecule is CCNC(=NCC(C)(C)c1ccc(Br)cc1)N1CCC(C(=O)OC)CC1. The number of piperidine rings is 1. The maximum Gasteiger partial charge on any atom is 0.308 e. The predicted octanol–water partition coefficient (Wildman–Crippen LogP) is 3.58. The standard InChI is InChI=1S/C20H30BrN3O2/c1-5-22-19(24-12-10-15(11-13-24)18(25)26-4)23-14-20(2,3)16-6-8-17(21)9-7-16/h6-9,15H,5,10-14H2,1-4H3,(H,22,23). The largest absolute Gasteiger partial charge is 0.469 e. The summed E-state index contributed by atoms with van der Waals surface area (Å²) >= 11 is 3.49. The van der Waals surface area contributed by atoms with Gasteiger partial charge in [0.1, 0.15) is 0 Å². The molecule has 1 saturated heterocycles. The quantitative estimate of drug-likeness (QED) is 0.446. The van der Waals surface area contributed by atoms with E-state index >= 15 is 0 Å². The number of aliphatic imine (C=N–C) groups is 1. The average molecular weight is 424 g/mol. The van der Waals surface area contributed by atoms with Crippen molar-refractivity contribution < 1.29 is 9.53 Å². The van der Waals surface area contributed by atoms with Crippen molar-refractivity contribution in [3.63, 3.8) is 0 Å². The summed E-state index contributed by atoms with van der Waals surface area (Å²) in [7, 11) is 1.46. The number of likely N-dealkylation sites (tertiary alicyclic amines) is 1. The number of nitrogens with zero attached hydrogens (tertiary/aromatic N) is 2. The summed E-state index contributed by atoms with van der Waals surface area (Å²) in [4.78, 5) is 18.9. The molecule has 0 atom stereocenters. The van der Waals surface area contributed by atoms with Gasteiger partial charge in [-0.05, 0) is 37.5 Å². The molecular formula is C20H30BrN3O2. The Morgan fingerprint density at radius 3 is 2.46 bits per heavy atom. The van der Waals surface area contributed by atoms with E-state index in [1.807, 2.05) is 0 Å². The third-order valence-corrected chi connectivity index (χ3v) is 5.44. The first-order valence-electron chi connectivity index (χ1n) is 9.24. The molecule has 1 aliphatic rings. The molecular weight excluding hydrogens is 394 g/mol. The fourth-order valence-electron chi connectivity index (χ4n) is 3.18. The van der Waals surface area contributed by atoms with Gasteiger partial charge in [-0.25, -0.2) is 0 Å². The second-order valence-corrected chi connectivity index (χ2v) is 8.26. The predicted molar refractivity (Wildman–Crippen MR) is 109 cm³/mol. The Balaban J connectivity index is 2.04. The number of carbonyl (C=O) groups excluding carboxylic acids is 1. The summed E-state index contributed by atoms with van der Waals surface area (Å²) < 4.78 is 5.96. The van der Waals surface area contributed by atoms with Crippen LogP contribution in [0.2, 0.25) is 0 Å². The van der Waals surface area contributed by atoms with E-state index in [2.05, 4.69) is 71.2 Å². The van der Waals surface area contributed by atoms with E-state index < -0.39 is 0 Å². The van der Waals surface area contributed by atoms with Gasteiger partial charge in [0, 0.05) is 29.5 Å². The first kappa shape index (κ1) is 20.7. The first-order chi connectivity index (χ1) is 12.4. The van der Waals surface area contributed by atoms with Crippen LogP contribution in [0, 0.1) is 5.92 Å². The van der Waals surface area contributed by atoms with Crippen molar-refractivity contribution in [3.8, 4) is 0 Å². The number of ether oxygens (including phenoxy) is 1. The fourth-order valence-corrected chi connectivity index (χ4v) is 3.45. The van der Waals surface area contributed by atoms with Crippen LogP contribution in [0.4, 0.5) is 0 Å². The van der Waals surface area contributed by atoms with Gasteiger partial charge >= 0.3 is 5.97 Å². The molecule has 144 valence electrons. The Morgan fingerprint density at radius 2 is 1.92 bits per heavy atom. The van der Waals surface area contributed by atoms with Gasteiger partial charge < -0.3 is 15.0 Å². The van der Waals surface area contributed by atoms with Gasteiger partial charge in [0.05, 0.1) is 19.6 Å². The number of hydrogen-bond acceptors (Lipinski definition) is 3.